The molecule has 0 radical (unpaired) electrons. The summed E-state index contributed by atoms with van der Waals surface area (Å²) in [5.74, 6) is 1.07. The van der Waals surface area contributed by atoms with Gasteiger partial charge in [-0.1, -0.05) is 12.2 Å². The van der Waals surface area contributed by atoms with E-state index in [9.17, 15) is 4.79 Å². The Morgan fingerprint density at radius 2 is 2.27 bits per heavy atom. The highest BCUT2D eigenvalue weighted by Gasteiger charge is 2.36. The zero-order valence-corrected chi connectivity index (χ0v) is 6.36. The van der Waals surface area contributed by atoms with Crippen molar-refractivity contribution >= 4 is 5.97 Å². The van der Waals surface area contributed by atoms with Crippen molar-refractivity contribution in [3.63, 3.8) is 0 Å². The Morgan fingerprint density at radius 3 is 2.73 bits per heavy atom. The molecule has 0 unspecified atom stereocenters. The quantitative estimate of drug-likeness (QED) is 0.611. The minimum absolute atomic E-state index is 0.367. The van der Waals surface area contributed by atoms with Gasteiger partial charge in [0.2, 0.25) is 0 Å². The van der Waals surface area contributed by atoms with Crippen molar-refractivity contribution in [1.29, 1.82) is 0 Å². The van der Waals surface area contributed by atoms with Crippen molar-refractivity contribution in [2.75, 3.05) is 0 Å². The van der Waals surface area contributed by atoms with Crippen LogP contribution in [-0.2, 0) is 4.79 Å². The Morgan fingerprint density at radius 1 is 1.45 bits per heavy atom. The molecular weight excluding hydrogens is 140 g/mol. The molecule has 0 aromatic heterocycles. The monoisotopic (exact) mass is 152 g/mol. The maximum atomic E-state index is 10.4. The van der Waals surface area contributed by atoms with Gasteiger partial charge in [-0.15, -0.1) is 0 Å². The van der Waals surface area contributed by atoms with Crippen LogP contribution in [0.25, 0.3) is 0 Å². The fourth-order valence-electron chi connectivity index (χ4n) is 2.35. The lowest BCUT2D eigenvalue weighted by Gasteiger charge is -2.14. The van der Waals surface area contributed by atoms with E-state index in [4.69, 9.17) is 5.11 Å². The molecule has 2 rings (SSSR count). The third kappa shape index (κ3) is 1.17. The number of hydrogen-bond acceptors (Lipinski definition) is 1. The number of carbonyl (C=O) groups is 1. The molecule has 1 N–H and O–H groups in total. The third-order valence-electron chi connectivity index (χ3n) is 2.85. The fraction of sp³-hybridized carbons (Fsp3) is 0.667. The molecule has 1 saturated carbocycles. The minimum atomic E-state index is -0.643. The summed E-state index contributed by atoms with van der Waals surface area (Å²) in [6, 6.07) is 0. The maximum absolute atomic E-state index is 10.4. The first-order valence-corrected chi connectivity index (χ1v) is 4.16. The van der Waals surface area contributed by atoms with Gasteiger partial charge in [-0.3, -0.25) is 4.79 Å². The lowest BCUT2D eigenvalue weighted by molar-refractivity contribution is -0.138. The van der Waals surface area contributed by atoms with Crippen molar-refractivity contribution in [2.24, 2.45) is 17.8 Å². The average Bonchev–Trinajstić information content (AvgIpc) is 2.45. The zero-order valence-electron chi connectivity index (χ0n) is 6.36. The molecule has 2 aliphatic carbocycles. The molecule has 3 atom stereocenters. The molecule has 0 aliphatic heterocycles. The predicted octanol–water partition coefficient (Wildman–Crippen LogP) is 1.67. The smallest absolute Gasteiger partial charge is 0.303 e. The zero-order chi connectivity index (χ0) is 7.84. The van der Waals surface area contributed by atoms with Gasteiger partial charge in [-0.25, -0.2) is 0 Å². The van der Waals surface area contributed by atoms with Crippen LogP contribution in [-0.4, -0.2) is 11.1 Å². The van der Waals surface area contributed by atoms with Gasteiger partial charge in [0.05, 0.1) is 0 Å². The lowest BCUT2D eigenvalue weighted by atomic mass is 9.91. The van der Waals surface area contributed by atoms with Gasteiger partial charge in [0.15, 0.2) is 0 Å². The number of carboxylic acids is 1. The summed E-state index contributed by atoms with van der Waals surface area (Å²) in [6.07, 6.45) is 7.11. The summed E-state index contributed by atoms with van der Waals surface area (Å²) in [5.41, 5.74) is 0. The Hall–Kier alpha value is -0.790. The van der Waals surface area contributed by atoms with Gasteiger partial charge in [0.25, 0.3) is 0 Å². The minimum Gasteiger partial charge on any atom is -0.481 e. The second kappa shape index (κ2) is 2.36. The van der Waals surface area contributed by atoms with Crippen LogP contribution in [0.15, 0.2) is 12.2 Å². The van der Waals surface area contributed by atoms with Crippen LogP contribution in [0.2, 0.25) is 0 Å². The van der Waals surface area contributed by atoms with Gasteiger partial charge < -0.3 is 5.11 Å². The van der Waals surface area contributed by atoms with Crippen molar-refractivity contribution < 1.29 is 9.90 Å². The molecule has 0 aromatic rings. The molecule has 2 heteroatoms. The summed E-state index contributed by atoms with van der Waals surface area (Å²) in [7, 11) is 0. The largest absolute Gasteiger partial charge is 0.481 e. The van der Waals surface area contributed by atoms with E-state index < -0.39 is 5.97 Å². The van der Waals surface area contributed by atoms with Crippen LogP contribution in [0.3, 0.4) is 0 Å². The van der Waals surface area contributed by atoms with E-state index in [-0.39, 0.29) is 0 Å². The van der Waals surface area contributed by atoms with Gasteiger partial charge in [-0.05, 0) is 30.6 Å². The van der Waals surface area contributed by atoms with Crippen molar-refractivity contribution in [3.05, 3.63) is 12.2 Å². The summed E-state index contributed by atoms with van der Waals surface area (Å²) < 4.78 is 0. The van der Waals surface area contributed by atoms with Crippen molar-refractivity contribution in [2.45, 2.75) is 19.3 Å². The highest BCUT2D eigenvalue weighted by atomic mass is 16.4. The van der Waals surface area contributed by atoms with E-state index in [2.05, 4.69) is 12.2 Å². The van der Waals surface area contributed by atoms with Crippen molar-refractivity contribution in [1.82, 2.24) is 0 Å². The second-order valence-electron chi connectivity index (χ2n) is 3.64. The van der Waals surface area contributed by atoms with Gasteiger partial charge in [0.1, 0.15) is 0 Å². The molecule has 2 bridgehead atoms. The molecule has 60 valence electrons. The van der Waals surface area contributed by atoms with Crippen LogP contribution in [0.4, 0.5) is 0 Å². The molecule has 0 spiro atoms. The van der Waals surface area contributed by atoms with E-state index in [1.165, 1.54) is 6.42 Å². The molecule has 0 aromatic carbocycles. The normalized spacial score (nSPS) is 39.8. The maximum Gasteiger partial charge on any atom is 0.303 e. The summed E-state index contributed by atoms with van der Waals surface area (Å²) in [6.45, 7) is 0. The van der Waals surface area contributed by atoms with E-state index in [1.54, 1.807) is 0 Å². The fourth-order valence-corrected chi connectivity index (χ4v) is 2.35. The Balaban J connectivity index is 1.98. The lowest BCUT2D eigenvalue weighted by Crippen LogP contribution is -2.11. The number of carboxylic acid groups (broad SMARTS) is 1. The first kappa shape index (κ1) is 6.89. The summed E-state index contributed by atoms with van der Waals surface area (Å²) >= 11 is 0. The Bertz CT molecular complexity index is 208. The SMILES string of the molecule is O=C(O)C[C@@H]1C[C@H]2C=C[C@@H]1C2. The number of allylic oxidation sites excluding steroid dienone is 2. The molecule has 1 fully saturated rings. The summed E-state index contributed by atoms with van der Waals surface area (Å²) in [5, 5.41) is 8.58. The predicted molar refractivity (Wildman–Crippen MR) is 41.1 cm³/mol. The van der Waals surface area contributed by atoms with E-state index in [0.717, 1.165) is 6.42 Å². The van der Waals surface area contributed by atoms with E-state index in [1.807, 2.05) is 0 Å². The van der Waals surface area contributed by atoms with Crippen LogP contribution in [0, 0.1) is 17.8 Å². The van der Waals surface area contributed by atoms with Crippen LogP contribution < -0.4 is 0 Å². The second-order valence-corrected chi connectivity index (χ2v) is 3.64. The van der Waals surface area contributed by atoms with E-state index in [0.29, 0.717) is 24.2 Å². The van der Waals surface area contributed by atoms with Gasteiger partial charge >= 0.3 is 5.97 Å². The standard InChI is InChI=1S/C9H12O2/c10-9(11)5-8-4-6-1-2-7(8)3-6/h1-2,6-8H,3-5H2,(H,10,11)/t6-,7+,8-/m0/s1. The highest BCUT2D eigenvalue weighted by Crippen LogP contribution is 2.44. The van der Waals surface area contributed by atoms with Gasteiger partial charge in [0, 0.05) is 6.42 Å². The number of fused-ring (bicyclic) bond motifs is 2. The molecule has 11 heavy (non-hydrogen) atoms. The van der Waals surface area contributed by atoms with E-state index >= 15 is 0 Å². The first-order chi connectivity index (χ1) is 5.25. The van der Waals surface area contributed by atoms with Crippen LogP contribution >= 0.6 is 0 Å². The molecular formula is C9H12O2. The van der Waals surface area contributed by atoms with Crippen LogP contribution in [0.1, 0.15) is 19.3 Å². The average molecular weight is 152 g/mol. The van der Waals surface area contributed by atoms with Gasteiger partial charge in [-0.2, -0.15) is 0 Å². The van der Waals surface area contributed by atoms with Crippen LogP contribution in [0.5, 0.6) is 0 Å². The van der Waals surface area contributed by atoms with Crippen molar-refractivity contribution in [3.8, 4) is 0 Å². The Kier molecular flexibility index (Phi) is 1.48. The molecule has 0 amide bonds. The third-order valence-corrected chi connectivity index (χ3v) is 2.85. The summed E-state index contributed by atoms with van der Waals surface area (Å²) in [4.78, 5) is 10.4. The number of hydrogen-bond donors (Lipinski definition) is 1. The molecule has 2 nitrogen and oxygen atoms in total. The molecule has 2 aliphatic rings. The highest BCUT2D eigenvalue weighted by molar-refractivity contribution is 5.67. The number of rotatable bonds is 2. The first-order valence-electron chi connectivity index (χ1n) is 4.16. The molecule has 0 heterocycles. The molecule has 0 saturated heterocycles. The Labute approximate surface area is 65.9 Å². The number of aliphatic carboxylic acids is 1. The topological polar surface area (TPSA) is 37.3 Å².